The van der Waals surface area contributed by atoms with Crippen LogP contribution >= 0.6 is 0 Å². The summed E-state index contributed by atoms with van der Waals surface area (Å²) < 4.78 is 32.6. The lowest BCUT2D eigenvalue weighted by molar-refractivity contribution is 0.0342. The maximum Gasteiger partial charge on any atom is 0.191 e. The van der Waals surface area contributed by atoms with Gasteiger partial charge in [0.2, 0.25) is 0 Å². The first-order valence-electron chi connectivity index (χ1n) is 9.98. The van der Waals surface area contributed by atoms with E-state index in [-0.39, 0.29) is 12.1 Å². The fraction of sp³-hybridized carbons (Fsp3) is 0.409. The van der Waals surface area contributed by atoms with Crippen molar-refractivity contribution < 1.29 is 13.5 Å². The minimum absolute atomic E-state index is 0.159. The first kappa shape index (κ1) is 21.2. The van der Waals surface area contributed by atoms with E-state index in [1.165, 1.54) is 11.6 Å². The largest absolute Gasteiger partial charge is 0.379 e. The molecule has 2 aromatic carbocycles. The second-order valence-electron chi connectivity index (χ2n) is 6.99. The Morgan fingerprint density at radius 2 is 1.86 bits per heavy atom. The van der Waals surface area contributed by atoms with Crippen LogP contribution in [0.15, 0.2) is 47.5 Å². The standard InChI is InChI=1S/C22H28F2N4O/c1-2-25-22(27-15-19-13-20(23)6-7-21(19)24)26-14-17-4-3-5-18(12-17)16-28-8-10-29-11-9-28/h3-7,12-13H,2,8-11,14-16H2,1H3,(H2,25,26,27). The number of nitrogens with one attached hydrogen (secondary N) is 2. The number of guanidine groups is 1. The van der Waals surface area contributed by atoms with Gasteiger partial charge in [0.25, 0.3) is 0 Å². The van der Waals surface area contributed by atoms with Crippen LogP contribution in [-0.4, -0.2) is 43.7 Å². The molecule has 3 rings (SSSR count). The maximum atomic E-state index is 13.8. The highest BCUT2D eigenvalue weighted by Gasteiger charge is 2.11. The van der Waals surface area contributed by atoms with Crippen molar-refractivity contribution in [1.82, 2.24) is 15.5 Å². The summed E-state index contributed by atoms with van der Waals surface area (Å²) in [7, 11) is 0. The number of ether oxygens (including phenoxy) is 1. The summed E-state index contributed by atoms with van der Waals surface area (Å²) >= 11 is 0. The molecule has 2 N–H and O–H groups in total. The molecule has 5 nitrogen and oxygen atoms in total. The predicted octanol–water partition coefficient (Wildman–Crippen LogP) is 3.05. The van der Waals surface area contributed by atoms with Gasteiger partial charge in [-0.3, -0.25) is 4.90 Å². The second kappa shape index (κ2) is 10.9. The Hall–Kier alpha value is -2.51. The van der Waals surface area contributed by atoms with Gasteiger partial charge in [0.15, 0.2) is 5.96 Å². The molecular formula is C22H28F2N4O. The Morgan fingerprint density at radius 3 is 2.66 bits per heavy atom. The number of nitrogens with zero attached hydrogens (tertiary/aromatic N) is 2. The van der Waals surface area contributed by atoms with Gasteiger partial charge in [-0.15, -0.1) is 0 Å². The first-order valence-corrected chi connectivity index (χ1v) is 9.98. The highest BCUT2D eigenvalue weighted by atomic mass is 19.1. The molecule has 1 fully saturated rings. The van der Waals surface area contributed by atoms with E-state index in [1.54, 1.807) is 0 Å². The zero-order valence-electron chi connectivity index (χ0n) is 16.8. The van der Waals surface area contributed by atoms with E-state index in [0.717, 1.165) is 50.5 Å². The van der Waals surface area contributed by atoms with Crippen LogP contribution in [0, 0.1) is 11.6 Å². The average molecular weight is 402 g/mol. The van der Waals surface area contributed by atoms with Gasteiger partial charge in [0, 0.05) is 38.3 Å². The van der Waals surface area contributed by atoms with Gasteiger partial charge >= 0.3 is 0 Å². The van der Waals surface area contributed by atoms with Crippen molar-refractivity contribution in [1.29, 1.82) is 0 Å². The van der Waals surface area contributed by atoms with Crippen molar-refractivity contribution >= 4 is 5.96 Å². The Balaban J connectivity index is 1.60. The smallest absolute Gasteiger partial charge is 0.191 e. The fourth-order valence-electron chi connectivity index (χ4n) is 3.21. The van der Waals surface area contributed by atoms with E-state index < -0.39 is 11.6 Å². The number of aliphatic imine (C=N–C) groups is 1. The molecule has 156 valence electrons. The Bertz CT molecular complexity index is 822. The van der Waals surface area contributed by atoms with Crippen molar-refractivity contribution in [2.75, 3.05) is 32.8 Å². The average Bonchev–Trinajstić information content (AvgIpc) is 2.73. The van der Waals surface area contributed by atoms with Crippen LogP contribution in [0.3, 0.4) is 0 Å². The highest BCUT2D eigenvalue weighted by Crippen LogP contribution is 2.11. The van der Waals surface area contributed by atoms with Gasteiger partial charge in [-0.1, -0.05) is 24.3 Å². The van der Waals surface area contributed by atoms with Crippen LogP contribution < -0.4 is 10.6 Å². The van der Waals surface area contributed by atoms with Gasteiger partial charge in [-0.2, -0.15) is 0 Å². The Labute approximate surface area is 170 Å². The molecule has 0 aliphatic carbocycles. The summed E-state index contributed by atoms with van der Waals surface area (Å²) in [5.41, 5.74) is 2.62. The summed E-state index contributed by atoms with van der Waals surface area (Å²) in [6.45, 7) is 7.67. The van der Waals surface area contributed by atoms with Crippen LogP contribution in [0.25, 0.3) is 0 Å². The van der Waals surface area contributed by atoms with Crippen molar-refractivity contribution in [2.24, 2.45) is 4.99 Å². The zero-order valence-corrected chi connectivity index (χ0v) is 16.8. The summed E-state index contributed by atoms with van der Waals surface area (Å²) in [6, 6.07) is 11.8. The normalized spacial score (nSPS) is 15.3. The van der Waals surface area contributed by atoms with Crippen molar-refractivity contribution in [2.45, 2.75) is 26.6 Å². The van der Waals surface area contributed by atoms with Gasteiger partial charge in [-0.25, -0.2) is 13.8 Å². The summed E-state index contributed by atoms with van der Waals surface area (Å²) in [4.78, 5) is 6.96. The quantitative estimate of drug-likeness (QED) is 0.552. The third kappa shape index (κ3) is 6.80. The number of hydrogen-bond acceptors (Lipinski definition) is 3. The second-order valence-corrected chi connectivity index (χ2v) is 6.99. The number of halogens is 2. The highest BCUT2D eigenvalue weighted by molar-refractivity contribution is 5.79. The molecule has 0 spiro atoms. The monoisotopic (exact) mass is 402 g/mol. The third-order valence-electron chi connectivity index (χ3n) is 4.72. The van der Waals surface area contributed by atoms with Gasteiger partial charge < -0.3 is 15.4 Å². The molecule has 0 unspecified atom stereocenters. The molecule has 1 aliphatic rings. The lowest BCUT2D eigenvalue weighted by Crippen LogP contribution is -2.37. The first-order chi connectivity index (χ1) is 14.1. The van der Waals surface area contributed by atoms with Crippen molar-refractivity contribution in [3.05, 3.63) is 70.8 Å². The maximum absolute atomic E-state index is 13.8. The number of morpholine rings is 1. The van der Waals surface area contributed by atoms with E-state index in [4.69, 9.17) is 4.74 Å². The lowest BCUT2D eigenvalue weighted by atomic mass is 10.1. The topological polar surface area (TPSA) is 48.9 Å². The Morgan fingerprint density at radius 1 is 1.07 bits per heavy atom. The van der Waals surface area contributed by atoms with Crippen molar-refractivity contribution in [3.63, 3.8) is 0 Å². The minimum atomic E-state index is -0.456. The third-order valence-corrected chi connectivity index (χ3v) is 4.72. The van der Waals surface area contributed by atoms with E-state index in [9.17, 15) is 8.78 Å². The molecule has 1 heterocycles. The summed E-state index contributed by atoms with van der Waals surface area (Å²) in [5, 5.41) is 6.20. The molecule has 0 saturated carbocycles. The molecular weight excluding hydrogens is 374 g/mol. The van der Waals surface area contributed by atoms with Gasteiger partial charge in [-0.05, 0) is 36.2 Å². The lowest BCUT2D eigenvalue weighted by Gasteiger charge is -2.26. The molecule has 0 atom stereocenters. The van der Waals surface area contributed by atoms with Crippen LogP contribution in [0.2, 0.25) is 0 Å². The molecule has 0 aromatic heterocycles. The molecule has 0 bridgehead atoms. The van der Waals surface area contributed by atoms with Crippen LogP contribution in [0.5, 0.6) is 0 Å². The predicted molar refractivity (Wildman–Crippen MR) is 111 cm³/mol. The van der Waals surface area contributed by atoms with E-state index in [0.29, 0.717) is 19.0 Å². The van der Waals surface area contributed by atoms with E-state index >= 15 is 0 Å². The minimum Gasteiger partial charge on any atom is -0.379 e. The number of benzene rings is 2. The van der Waals surface area contributed by atoms with Crippen LogP contribution in [0.1, 0.15) is 23.6 Å². The number of hydrogen-bond donors (Lipinski definition) is 2. The van der Waals surface area contributed by atoms with E-state index in [1.807, 2.05) is 19.1 Å². The van der Waals surface area contributed by atoms with Gasteiger partial charge in [0.1, 0.15) is 11.6 Å². The molecule has 0 radical (unpaired) electrons. The molecule has 1 aliphatic heterocycles. The molecule has 29 heavy (non-hydrogen) atoms. The SMILES string of the molecule is CCNC(=NCc1cccc(CN2CCOCC2)c1)NCc1cc(F)ccc1F. The fourth-order valence-corrected chi connectivity index (χ4v) is 3.21. The summed E-state index contributed by atoms with van der Waals surface area (Å²) in [6.07, 6.45) is 0. The van der Waals surface area contributed by atoms with Gasteiger partial charge in [0.05, 0.1) is 19.8 Å². The van der Waals surface area contributed by atoms with E-state index in [2.05, 4.69) is 32.7 Å². The number of rotatable bonds is 7. The molecule has 1 saturated heterocycles. The van der Waals surface area contributed by atoms with Crippen LogP contribution in [-0.2, 0) is 24.4 Å². The molecule has 0 amide bonds. The van der Waals surface area contributed by atoms with Crippen molar-refractivity contribution in [3.8, 4) is 0 Å². The summed E-state index contributed by atoms with van der Waals surface area (Å²) in [5.74, 6) is -0.331. The molecule has 7 heteroatoms. The molecule has 2 aromatic rings. The zero-order chi connectivity index (χ0) is 20.5. The Kier molecular flexibility index (Phi) is 7.95. The van der Waals surface area contributed by atoms with Crippen LogP contribution in [0.4, 0.5) is 8.78 Å².